The zero-order valence-electron chi connectivity index (χ0n) is 9.68. The van der Waals surface area contributed by atoms with Gasteiger partial charge in [-0.25, -0.2) is 9.97 Å². The van der Waals surface area contributed by atoms with Crippen LogP contribution in [0.1, 0.15) is 6.92 Å². The van der Waals surface area contributed by atoms with Gasteiger partial charge in [0, 0.05) is 19.6 Å². The molecule has 2 rings (SSSR count). The number of rotatable bonds is 6. The van der Waals surface area contributed by atoms with Crippen molar-refractivity contribution in [3.63, 3.8) is 0 Å². The van der Waals surface area contributed by atoms with Crippen molar-refractivity contribution >= 4 is 27.4 Å². The molecule has 17 heavy (non-hydrogen) atoms. The summed E-state index contributed by atoms with van der Waals surface area (Å²) in [6.45, 7) is 3.94. The Balaban J connectivity index is 1.84. The van der Waals surface area contributed by atoms with Gasteiger partial charge in [-0.1, -0.05) is 0 Å². The fraction of sp³-hybridized carbons (Fsp3) is 0.455. The van der Waals surface area contributed by atoms with Gasteiger partial charge in [0.1, 0.15) is 17.0 Å². The second-order valence-corrected chi connectivity index (χ2v) is 4.74. The lowest BCUT2D eigenvalue weighted by molar-refractivity contribution is 0.192. The molecule has 0 fully saturated rings. The van der Waals surface area contributed by atoms with Crippen LogP contribution in [-0.4, -0.2) is 40.8 Å². The van der Waals surface area contributed by atoms with E-state index in [0.717, 1.165) is 29.1 Å². The standard InChI is InChI=1S/C11H16N4OS/c1-8(16)6-12-3-4-13-10-9-2-5-17-11(9)15-7-14-10/h2,5,7-8,12,16H,3-4,6H2,1H3,(H,13,14,15). The Morgan fingerprint density at radius 3 is 3.12 bits per heavy atom. The molecule has 1 atom stereocenters. The highest BCUT2D eigenvalue weighted by atomic mass is 32.1. The quantitative estimate of drug-likeness (QED) is 0.671. The van der Waals surface area contributed by atoms with E-state index in [0.29, 0.717) is 6.54 Å². The number of nitrogens with zero attached hydrogens (tertiary/aromatic N) is 2. The molecule has 6 heteroatoms. The molecule has 0 aliphatic rings. The van der Waals surface area contributed by atoms with Crippen molar-refractivity contribution in [2.45, 2.75) is 13.0 Å². The zero-order valence-corrected chi connectivity index (χ0v) is 10.5. The van der Waals surface area contributed by atoms with Crippen molar-refractivity contribution in [3.05, 3.63) is 17.8 Å². The molecule has 0 amide bonds. The number of aromatic nitrogens is 2. The van der Waals surface area contributed by atoms with Crippen LogP contribution in [0, 0.1) is 0 Å². The topological polar surface area (TPSA) is 70.1 Å². The molecule has 2 aromatic rings. The molecular weight excluding hydrogens is 236 g/mol. The van der Waals surface area contributed by atoms with Crippen LogP contribution in [0.4, 0.5) is 5.82 Å². The van der Waals surface area contributed by atoms with Gasteiger partial charge in [0.05, 0.1) is 11.5 Å². The van der Waals surface area contributed by atoms with Gasteiger partial charge in [0.2, 0.25) is 0 Å². The number of anilines is 1. The Bertz CT molecular complexity index is 471. The molecule has 0 aliphatic carbocycles. The van der Waals surface area contributed by atoms with E-state index in [1.165, 1.54) is 0 Å². The first kappa shape index (κ1) is 12.2. The largest absolute Gasteiger partial charge is 0.392 e. The number of thiophene rings is 1. The molecule has 0 radical (unpaired) electrons. The van der Waals surface area contributed by atoms with Gasteiger partial charge in [0.25, 0.3) is 0 Å². The van der Waals surface area contributed by atoms with Gasteiger partial charge >= 0.3 is 0 Å². The summed E-state index contributed by atoms with van der Waals surface area (Å²) in [6, 6.07) is 2.02. The number of nitrogens with one attached hydrogen (secondary N) is 2. The third kappa shape index (κ3) is 3.36. The highest BCUT2D eigenvalue weighted by Crippen LogP contribution is 2.23. The minimum absolute atomic E-state index is 0.308. The van der Waals surface area contributed by atoms with E-state index < -0.39 is 0 Å². The molecule has 1 unspecified atom stereocenters. The number of fused-ring (bicyclic) bond motifs is 1. The lowest BCUT2D eigenvalue weighted by atomic mass is 10.3. The maximum atomic E-state index is 9.08. The van der Waals surface area contributed by atoms with Crippen LogP contribution in [0.2, 0.25) is 0 Å². The summed E-state index contributed by atoms with van der Waals surface area (Å²) in [7, 11) is 0. The average molecular weight is 252 g/mol. The van der Waals surface area contributed by atoms with Gasteiger partial charge in [-0.15, -0.1) is 11.3 Å². The van der Waals surface area contributed by atoms with Crippen molar-refractivity contribution in [3.8, 4) is 0 Å². The van der Waals surface area contributed by atoms with Crippen molar-refractivity contribution in [2.75, 3.05) is 25.0 Å². The summed E-state index contributed by atoms with van der Waals surface area (Å²) in [6.07, 6.45) is 1.27. The summed E-state index contributed by atoms with van der Waals surface area (Å²) >= 11 is 1.61. The highest BCUT2D eigenvalue weighted by Gasteiger charge is 2.03. The Morgan fingerprint density at radius 1 is 1.41 bits per heavy atom. The van der Waals surface area contributed by atoms with Crippen molar-refractivity contribution < 1.29 is 5.11 Å². The van der Waals surface area contributed by atoms with Crippen LogP contribution in [0.3, 0.4) is 0 Å². The van der Waals surface area contributed by atoms with Crippen LogP contribution in [0.5, 0.6) is 0 Å². The average Bonchev–Trinajstić information content (AvgIpc) is 2.77. The van der Waals surface area contributed by atoms with Crippen LogP contribution in [0.15, 0.2) is 17.8 Å². The Hall–Kier alpha value is -1.24. The van der Waals surface area contributed by atoms with Crippen LogP contribution >= 0.6 is 11.3 Å². The van der Waals surface area contributed by atoms with Crippen LogP contribution < -0.4 is 10.6 Å². The molecular formula is C11H16N4OS. The third-order valence-electron chi connectivity index (χ3n) is 2.30. The normalized spacial score (nSPS) is 12.8. The molecule has 2 heterocycles. The summed E-state index contributed by atoms with van der Waals surface area (Å²) in [4.78, 5) is 9.41. The molecule has 0 bridgehead atoms. The monoisotopic (exact) mass is 252 g/mol. The molecule has 0 aliphatic heterocycles. The summed E-state index contributed by atoms with van der Waals surface area (Å²) in [5.41, 5.74) is 0. The minimum Gasteiger partial charge on any atom is -0.392 e. The van der Waals surface area contributed by atoms with E-state index >= 15 is 0 Å². The Kier molecular flexibility index (Phi) is 4.24. The molecule has 0 saturated heterocycles. The molecule has 92 valence electrons. The Labute approximate surface area is 104 Å². The van der Waals surface area contributed by atoms with Gasteiger partial charge in [0.15, 0.2) is 0 Å². The molecule has 0 spiro atoms. The summed E-state index contributed by atoms with van der Waals surface area (Å²) < 4.78 is 0. The predicted molar refractivity (Wildman–Crippen MR) is 70.5 cm³/mol. The lowest BCUT2D eigenvalue weighted by Crippen LogP contribution is -2.29. The molecule has 0 aromatic carbocycles. The first-order chi connectivity index (χ1) is 8.27. The van der Waals surface area contributed by atoms with E-state index in [9.17, 15) is 0 Å². The van der Waals surface area contributed by atoms with E-state index in [2.05, 4.69) is 20.6 Å². The number of hydrogen-bond acceptors (Lipinski definition) is 6. The SMILES string of the molecule is CC(O)CNCCNc1ncnc2sccc12. The van der Waals surface area contributed by atoms with E-state index in [4.69, 9.17) is 5.11 Å². The predicted octanol–water partition coefficient (Wildman–Crippen LogP) is 1.07. The molecule has 5 nitrogen and oxygen atoms in total. The first-order valence-electron chi connectivity index (χ1n) is 5.58. The fourth-order valence-corrected chi connectivity index (χ4v) is 2.24. The summed E-state index contributed by atoms with van der Waals surface area (Å²) in [5, 5.41) is 18.6. The van der Waals surface area contributed by atoms with Crippen molar-refractivity contribution in [1.29, 1.82) is 0 Å². The molecule has 2 aromatic heterocycles. The minimum atomic E-state index is -0.308. The van der Waals surface area contributed by atoms with E-state index in [1.807, 2.05) is 11.4 Å². The smallest absolute Gasteiger partial charge is 0.138 e. The van der Waals surface area contributed by atoms with Gasteiger partial charge in [-0.05, 0) is 18.4 Å². The number of aliphatic hydroxyl groups is 1. The number of hydrogen-bond donors (Lipinski definition) is 3. The van der Waals surface area contributed by atoms with E-state index in [-0.39, 0.29) is 6.10 Å². The first-order valence-corrected chi connectivity index (χ1v) is 6.46. The second kappa shape index (κ2) is 5.90. The maximum absolute atomic E-state index is 9.08. The number of aliphatic hydroxyl groups excluding tert-OH is 1. The fourth-order valence-electron chi connectivity index (χ4n) is 1.51. The van der Waals surface area contributed by atoms with Gasteiger partial charge in [-0.3, -0.25) is 0 Å². The van der Waals surface area contributed by atoms with Crippen molar-refractivity contribution in [2.24, 2.45) is 0 Å². The van der Waals surface area contributed by atoms with Gasteiger partial charge < -0.3 is 15.7 Å². The van der Waals surface area contributed by atoms with E-state index in [1.54, 1.807) is 24.6 Å². The second-order valence-electron chi connectivity index (χ2n) is 3.84. The highest BCUT2D eigenvalue weighted by molar-refractivity contribution is 7.16. The zero-order chi connectivity index (χ0) is 12.1. The van der Waals surface area contributed by atoms with Crippen molar-refractivity contribution in [1.82, 2.24) is 15.3 Å². The molecule has 3 N–H and O–H groups in total. The summed E-state index contributed by atoms with van der Waals surface area (Å²) in [5.74, 6) is 0.870. The Morgan fingerprint density at radius 2 is 2.29 bits per heavy atom. The lowest BCUT2D eigenvalue weighted by Gasteiger charge is -2.08. The molecule has 0 saturated carbocycles. The maximum Gasteiger partial charge on any atom is 0.138 e. The van der Waals surface area contributed by atoms with Gasteiger partial charge in [-0.2, -0.15) is 0 Å². The van der Waals surface area contributed by atoms with Crippen LogP contribution in [0.25, 0.3) is 10.2 Å². The van der Waals surface area contributed by atoms with Crippen LogP contribution in [-0.2, 0) is 0 Å². The third-order valence-corrected chi connectivity index (χ3v) is 3.12.